The van der Waals surface area contributed by atoms with Crippen molar-refractivity contribution in [2.75, 3.05) is 5.32 Å². The van der Waals surface area contributed by atoms with Gasteiger partial charge in [0.1, 0.15) is 24.9 Å². The van der Waals surface area contributed by atoms with Gasteiger partial charge >= 0.3 is 5.97 Å². The van der Waals surface area contributed by atoms with E-state index in [-0.39, 0.29) is 11.2 Å². The second-order valence-corrected chi connectivity index (χ2v) is 6.81. The molecular weight excluding hydrogens is 398 g/mol. The molecule has 1 aromatic carbocycles. The number of ether oxygens (including phenoxy) is 1. The van der Waals surface area contributed by atoms with Crippen molar-refractivity contribution in [3.05, 3.63) is 48.5 Å². The molecule has 158 valence electrons. The van der Waals surface area contributed by atoms with Gasteiger partial charge in [0.15, 0.2) is 29.2 Å². The standard InChI is InChI=1S/C18H19N5O7/c24-11-12(25)14(26)18(29,30-13(11)17(27)28)23-8-22-10-15(20-7-21-16(10)23)19-6-9-4-2-1-3-5-9/h1-5,7-8,11-14,24-26,29H,6H2,(H,27,28)(H,19,20,21)/t11-,12-,13-,14+,18?/m0/s1. The Bertz CT molecular complexity index is 1060. The molecule has 0 radical (unpaired) electrons. The number of nitrogens with zero attached hydrogens (tertiary/aromatic N) is 4. The van der Waals surface area contributed by atoms with Crippen LogP contribution in [0.2, 0.25) is 0 Å². The molecule has 1 unspecified atom stereocenters. The van der Waals surface area contributed by atoms with Gasteiger partial charge in [-0.25, -0.2) is 19.7 Å². The number of imidazole rings is 1. The Morgan fingerprint density at radius 2 is 1.87 bits per heavy atom. The molecule has 0 spiro atoms. The third kappa shape index (κ3) is 3.26. The quantitative estimate of drug-likeness (QED) is 0.287. The maximum Gasteiger partial charge on any atom is 0.335 e. The van der Waals surface area contributed by atoms with Crippen LogP contribution in [0.15, 0.2) is 43.0 Å². The molecule has 12 heteroatoms. The predicted molar refractivity (Wildman–Crippen MR) is 99.8 cm³/mol. The lowest BCUT2D eigenvalue weighted by molar-refractivity contribution is -0.382. The number of anilines is 1. The van der Waals surface area contributed by atoms with Crippen LogP contribution in [-0.4, -0.2) is 75.4 Å². The van der Waals surface area contributed by atoms with Crippen molar-refractivity contribution in [1.82, 2.24) is 19.5 Å². The summed E-state index contributed by atoms with van der Waals surface area (Å²) in [4.78, 5) is 23.7. The highest BCUT2D eigenvalue weighted by molar-refractivity contribution is 5.82. The molecule has 30 heavy (non-hydrogen) atoms. The fourth-order valence-electron chi connectivity index (χ4n) is 3.29. The van der Waals surface area contributed by atoms with Gasteiger partial charge in [-0.3, -0.25) is 4.57 Å². The van der Waals surface area contributed by atoms with Crippen LogP contribution in [0.4, 0.5) is 5.82 Å². The van der Waals surface area contributed by atoms with Crippen LogP contribution >= 0.6 is 0 Å². The van der Waals surface area contributed by atoms with Crippen molar-refractivity contribution in [3.63, 3.8) is 0 Å². The van der Waals surface area contributed by atoms with Gasteiger partial charge in [-0.2, -0.15) is 0 Å². The number of fused-ring (bicyclic) bond motifs is 1. The molecular formula is C18H19N5O7. The summed E-state index contributed by atoms with van der Waals surface area (Å²) in [5.74, 6) is -4.05. The first kappa shape index (κ1) is 20.1. The lowest BCUT2D eigenvalue weighted by atomic mass is 9.96. The maximum atomic E-state index is 11.4. The molecule has 5 atom stereocenters. The van der Waals surface area contributed by atoms with E-state index in [1.165, 1.54) is 6.33 Å². The highest BCUT2D eigenvalue weighted by Gasteiger charge is 2.57. The molecule has 3 heterocycles. The number of aromatic nitrogens is 4. The van der Waals surface area contributed by atoms with Crippen LogP contribution in [-0.2, 0) is 22.0 Å². The summed E-state index contributed by atoms with van der Waals surface area (Å²) < 4.78 is 5.97. The molecule has 0 amide bonds. The molecule has 0 bridgehead atoms. The average Bonchev–Trinajstić information content (AvgIpc) is 3.19. The number of benzene rings is 1. The van der Waals surface area contributed by atoms with Gasteiger partial charge in [0.2, 0.25) is 0 Å². The van der Waals surface area contributed by atoms with Crippen molar-refractivity contribution in [2.24, 2.45) is 0 Å². The van der Waals surface area contributed by atoms with Crippen molar-refractivity contribution < 1.29 is 35.1 Å². The SMILES string of the molecule is O=C(O)[C@H]1OC(O)(n2cnc3c(NCc4ccccc4)ncnc32)[C@H](O)[C@@H](O)[C@@H]1O. The molecule has 0 aliphatic carbocycles. The number of rotatable bonds is 5. The summed E-state index contributed by atoms with van der Waals surface area (Å²) in [5.41, 5.74) is 1.20. The highest BCUT2D eigenvalue weighted by atomic mass is 16.7. The number of aliphatic hydroxyl groups excluding tert-OH is 3. The zero-order chi connectivity index (χ0) is 21.5. The highest BCUT2D eigenvalue weighted by Crippen LogP contribution is 2.34. The number of aliphatic hydroxyl groups is 4. The van der Waals surface area contributed by atoms with E-state index in [1.54, 1.807) is 0 Å². The van der Waals surface area contributed by atoms with Crippen LogP contribution in [0, 0.1) is 0 Å². The van der Waals surface area contributed by atoms with E-state index in [0.29, 0.717) is 12.4 Å². The van der Waals surface area contributed by atoms with E-state index >= 15 is 0 Å². The molecule has 3 aromatic rings. The lowest BCUT2D eigenvalue weighted by Crippen LogP contribution is -2.66. The molecule has 2 aromatic heterocycles. The summed E-state index contributed by atoms with van der Waals surface area (Å²) >= 11 is 0. The van der Waals surface area contributed by atoms with E-state index in [1.807, 2.05) is 30.3 Å². The largest absolute Gasteiger partial charge is 0.479 e. The molecule has 1 fully saturated rings. The fourth-order valence-corrected chi connectivity index (χ4v) is 3.29. The molecule has 1 aliphatic rings. The fraction of sp³-hybridized carbons (Fsp3) is 0.333. The zero-order valence-electron chi connectivity index (χ0n) is 15.4. The summed E-state index contributed by atoms with van der Waals surface area (Å²) in [7, 11) is 0. The Morgan fingerprint density at radius 3 is 2.57 bits per heavy atom. The number of aliphatic carboxylic acids is 1. The van der Waals surface area contributed by atoms with Gasteiger partial charge in [0.25, 0.3) is 5.91 Å². The minimum absolute atomic E-state index is 0.00911. The normalized spacial score (nSPS) is 29.1. The Hall–Kier alpha value is -3.16. The van der Waals surface area contributed by atoms with Crippen LogP contribution in [0.5, 0.6) is 0 Å². The van der Waals surface area contributed by atoms with Crippen molar-refractivity contribution in [3.8, 4) is 0 Å². The Morgan fingerprint density at radius 1 is 1.13 bits per heavy atom. The third-order valence-corrected chi connectivity index (χ3v) is 4.89. The Labute approximate surface area is 169 Å². The second kappa shape index (κ2) is 7.59. The molecule has 1 saturated heterocycles. The number of carboxylic acid groups (broad SMARTS) is 1. The van der Waals surface area contributed by atoms with Crippen molar-refractivity contribution >= 4 is 23.0 Å². The third-order valence-electron chi connectivity index (χ3n) is 4.89. The van der Waals surface area contributed by atoms with Crippen LogP contribution in [0.1, 0.15) is 5.56 Å². The van der Waals surface area contributed by atoms with Crippen LogP contribution in [0.25, 0.3) is 11.2 Å². The minimum Gasteiger partial charge on any atom is -0.479 e. The molecule has 6 N–H and O–H groups in total. The second-order valence-electron chi connectivity index (χ2n) is 6.81. The summed E-state index contributed by atoms with van der Waals surface area (Å²) in [6.45, 7) is 0.426. The number of carbonyl (C=O) groups is 1. The zero-order valence-corrected chi connectivity index (χ0v) is 15.4. The maximum absolute atomic E-state index is 11.4. The van der Waals surface area contributed by atoms with Gasteiger partial charge in [-0.1, -0.05) is 30.3 Å². The molecule has 1 aliphatic heterocycles. The van der Waals surface area contributed by atoms with Gasteiger partial charge in [0.05, 0.1) is 0 Å². The molecule has 12 nitrogen and oxygen atoms in total. The number of nitrogens with one attached hydrogen (secondary N) is 1. The molecule has 4 rings (SSSR count). The van der Waals surface area contributed by atoms with E-state index in [0.717, 1.165) is 16.5 Å². The predicted octanol–water partition coefficient (Wildman–Crippen LogP) is -1.39. The van der Waals surface area contributed by atoms with Gasteiger partial charge in [-0.05, 0) is 5.56 Å². The average molecular weight is 417 g/mol. The van der Waals surface area contributed by atoms with Crippen LogP contribution < -0.4 is 5.32 Å². The first-order chi connectivity index (χ1) is 14.3. The van der Waals surface area contributed by atoms with E-state index in [2.05, 4.69) is 20.3 Å². The van der Waals surface area contributed by atoms with E-state index in [9.17, 15) is 30.3 Å². The van der Waals surface area contributed by atoms with Gasteiger partial charge in [-0.15, -0.1) is 0 Å². The number of carboxylic acids is 1. The van der Waals surface area contributed by atoms with Crippen molar-refractivity contribution in [1.29, 1.82) is 0 Å². The topological polar surface area (TPSA) is 183 Å². The summed E-state index contributed by atoms with van der Waals surface area (Å²) in [5, 5.41) is 53.5. The lowest BCUT2D eigenvalue weighted by Gasteiger charge is -2.44. The van der Waals surface area contributed by atoms with E-state index in [4.69, 9.17) is 4.74 Å². The van der Waals surface area contributed by atoms with Gasteiger partial charge < -0.3 is 35.6 Å². The first-order valence-electron chi connectivity index (χ1n) is 8.96. The van der Waals surface area contributed by atoms with Crippen LogP contribution in [0.3, 0.4) is 0 Å². The smallest absolute Gasteiger partial charge is 0.335 e. The molecule has 0 saturated carbocycles. The first-order valence-corrected chi connectivity index (χ1v) is 8.96. The Kier molecular flexibility index (Phi) is 5.09. The summed E-state index contributed by atoms with van der Waals surface area (Å²) in [6, 6.07) is 9.49. The van der Waals surface area contributed by atoms with Gasteiger partial charge in [0, 0.05) is 6.54 Å². The summed E-state index contributed by atoms with van der Waals surface area (Å²) in [6.07, 6.45) is -5.78. The number of hydrogen-bond donors (Lipinski definition) is 6. The van der Waals surface area contributed by atoms with E-state index < -0.39 is 36.3 Å². The number of hydrogen-bond acceptors (Lipinski definition) is 10. The monoisotopic (exact) mass is 417 g/mol. The minimum atomic E-state index is -2.75. The Balaban J connectivity index is 1.70. The van der Waals surface area contributed by atoms with Crippen molar-refractivity contribution in [2.45, 2.75) is 36.9 Å².